The molecule has 1 atom stereocenters. The molecular formula is C17H24N4O2. The molecule has 1 aromatic heterocycles. The summed E-state index contributed by atoms with van der Waals surface area (Å²) in [6.07, 6.45) is 4.84. The second-order valence-electron chi connectivity index (χ2n) is 5.60. The van der Waals surface area contributed by atoms with E-state index < -0.39 is 0 Å². The van der Waals surface area contributed by atoms with Crippen LogP contribution in [0.1, 0.15) is 24.5 Å². The number of hydrogen-bond acceptors (Lipinski definition) is 4. The number of nitrogens with zero attached hydrogens (tertiary/aromatic N) is 2. The highest BCUT2D eigenvalue weighted by Crippen LogP contribution is 2.11. The van der Waals surface area contributed by atoms with Crippen LogP contribution in [0.3, 0.4) is 0 Å². The van der Waals surface area contributed by atoms with Gasteiger partial charge in [-0.05, 0) is 24.1 Å². The molecule has 0 bridgehead atoms. The summed E-state index contributed by atoms with van der Waals surface area (Å²) in [5, 5.41) is 19.4. The Morgan fingerprint density at radius 1 is 1.30 bits per heavy atom. The van der Waals surface area contributed by atoms with Crippen LogP contribution in [-0.2, 0) is 24.8 Å². The van der Waals surface area contributed by atoms with E-state index >= 15 is 0 Å². The Kier molecular flexibility index (Phi) is 6.17. The van der Waals surface area contributed by atoms with Crippen LogP contribution in [0, 0.1) is 0 Å². The van der Waals surface area contributed by atoms with Crippen molar-refractivity contribution < 1.29 is 9.90 Å². The number of carbonyl (C=O) groups excluding carboxylic acids is 1. The molecule has 1 heterocycles. The van der Waals surface area contributed by atoms with Crippen LogP contribution in [0.15, 0.2) is 36.7 Å². The van der Waals surface area contributed by atoms with E-state index in [0.717, 1.165) is 23.2 Å². The Morgan fingerprint density at radius 2 is 2.04 bits per heavy atom. The van der Waals surface area contributed by atoms with Gasteiger partial charge in [0, 0.05) is 31.0 Å². The van der Waals surface area contributed by atoms with E-state index in [1.807, 2.05) is 50.6 Å². The molecule has 1 amide bonds. The summed E-state index contributed by atoms with van der Waals surface area (Å²) >= 11 is 0. The number of rotatable bonds is 8. The number of benzene rings is 1. The van der Waals surface area contributed by atoms with Gasteiger partial charge in [-0.25, -0.2) is 0 Å². The monoisotopic (exact) mass is 316 g/mol. The number of aliphatic hydroxyl groups excluding tert-OH is 1. The highest BCUT2D eigenvalue weighted by atomic mass is 16.3. The Labute approximate surface area is 136 Å². The van der Waals surface area contributed by atoms with Gasteiger partial charge in [0.15, 0.2) is 0 Å². The van der Waals surface area contributed by atoms with E-state index in [9.17, 15) is 4.79 Å². The van der Waals surface area contributed by atoms with Gasteiger partial charge >= 0.3 is 0 Å². The molecule has 0 spiro atoms. The van der Waals surface area contributed by atoms with Crippen LogP contribution in [-0.4, -0.2) is 33.4 Å². The molecule has 6 nitrogen and oxygen atoms in total. The fourth-order valence-corrected chi connectivity index (χ4v) is 2.25. The lowest BCUT2D eigenvalue weighted by atomic mass is 10.1. The molecule has 0 aliphatic carbocycles. The molecule has 3 N–H and O–H groups in total. The van der Waals surface area contributed by atoms with Crippen molar-refractivity contribution in [1.82, 2.24) is 15.1 Å². The van der Waals surface area contributed by atoms with Crippen LogP contribution >= 0.6 is 0 Å². The standard InChI is InChI=1S/C17H24N4O2/c1-3-15(12-22)20-17(23)8-13-4-6-16(7-5-13)18-9-14-10-19-21(2)11-14/h4-7,10-11,15,18,22H,3,8-9,12H2,1-2H3,(H,20,23). The van der Waals surface area contributed by atoms with Gasteiger partial charge in [0.1, 0.15) is 0 Å². The number of amides is 1. The van der Waals surface area contributed by atoms with E-state index in [0.29, 0.717) is 13.0 Å². The number of aryl methyl sites for hydroxylation is 1. The molecule has 2 rings (SSSR count). The maximum Gasteiger partial charge on any atom is 0.224 e. The van der Waals surface area contributed by atoms with Gasteiger partial charge in [-0.3, -0.25) is 9.48 Å². The molecule has 1 unspecified atom stereocenters. The normalized spacial score (nSPS) is 12.0. The Morgan fingerprint density at radius 3 is 2.61 bits per heavy atom. The van der Waals surface area contributed by atoms with Gasteiger partial charge in [-0.15, -0.1) is 0 Å². The van der Waals surface area contributed by atoms with Gasteiger partial charge < -0.3 is 15.7 Å². The van der Waals surface area contributed by atoms with E-state index in [1.165, 1.54) is 0 Å². The predicted molar refractivity (Wildman–Crippen MR) is 90.0 cm³/mol. The zero-order chi connectivity index (χ0) is 16.7. The summed E-state index contributed by atoms with van der Waals surface area (Å²) in [4.78, 5) is 11.9. The van der Waals surface area contributed by atoms with Crippen molar-refractivity contribution in [2.45, 2.75) is 32.4 Å². The number of carbonyl (C=O) groups is 1. The smallest absolute Gasteiger partial charge is 0.224 e. The fourth-order valence-electron chi connectivity index (χ4n) is 2.25. The van der Waals surface area contributed by atoms with Gasteiger partial charge in [0.25, 0.3) is 0 Å². The minimum Gasteiger partial charge on any atom is -0.394 e. The van der Waals surface area contributed by atoms with Crippen molar-refractivity contribution in [3.05, 3.63) is 47.8 Å². The lowest BCUT2D eigenvalue weighted by Crippen LogP contribution is -2.37. The van der Waals surface area contributed by atoms with E-state index in [4.69, 9.17) is 5.11 Å². The highest BCUT2D eigenvalue weighted by Gasteiger charge is 2.09. The first kappa shape index (κ1) is 17.0. The van der Waals surface area contributed by atoms with Crippen molar-refractivity contribution >= 4 is 11.6 Å². The van der Waals surface area contributed by atoms with Crippen LogP contribution in [0.4, 0.5) is 5.69 Å². The lowest BCUT2D eigenvalue weighted by molar-refractivity contribution is -0.121. The van der Waals surface area contributed by atoms with E-state index in [2.05, 4.69) is 15.7 Å². The molecule has 0 saturated heterocycles. The first-order valence-electron chi connectivity index (χ1n) is 7.81. The molecule has 1 aromatic carbocycles. The summed E-state index contributed by atoms with van der Waals surface area (Å²) in [6.45, 7) is 2.62. The van der Waals surface area contributed by atoms with Gasteiger partial charge in [0.2, 0.25) is 5.91 Å². The Bertz CT molecular complexity index is 618. The molecule has 0 saturated carbocycles. The van der Waals surface area contributed by atoms with Gasteiger partial charge in [-0.1, -0.05) is 19.1 Å². The second-order valence-corrected chi connectivity index (χ2v) is 5.60. The zero-order valence-electron chi connectivity index (χ0n) is 13.6. The fraction of sp³-hybridized carbons (Fsp3) is 0.412. The highest BCUT2D eigenvalue weighted by molar-refractivity contribution is 5.79. The average Bonchev–Trinajstić information content (AvgIpc) is 2.97. The third kappa shape index (κ3) is 5.41. The lowest BCUT2D eigenvalue weighted by Gasteiger charge is -2.14. The number of nitrogens with one attached hydrogen (secondary N) is 2. The summed E-state index contributed by atoms with van der Waals surface area (Å²) in [7, 11) is 1.89. The summed E-state index contributed by atoms with van der Waals surface area (Å²) in [5.41, 5.74) is 3.06. The van der Waals surface area contributed by atoms with E-state index in [-0.39, 0.29) is 18.6 Å². The number of hydrogen-bond donors (Lipinski definition) is 3. The van der Waals surface area contributed by atoms with Crippen molar-refractivity contribution in [3.8, 4) is 0 Å². The van der Waals surface area contributed by atoms with Crippen molar-refractivity contribution in [2.75, 3.05) is 11.9 Å². The summed E-state index contributed by atoms with van der Waals surface area (Å²) in [5.74, 6) is -0.0676. The molecule has 6 heteroatoms. The third-order valence-electron chi connectivity index (χ3n) is 3.65. The van der Waals surface area contributed by atoms with Gasteiger partial charge in [-0.2, -0.15) is 5.10 Å². The molecule has 124 valence electrons. The molecule has 2 aromatic rings. The van der Waals surface area contributed by atoms with Crippen molar-refractivity contribution in [2.24, 2.45) is 7.05 Å². The minimum absolute atomic E-state index is 0.0283. The van der Waals surface area contributed by atoms with Gasteiger partial charge in [0.05, 0.1) is 25.3 Å². The quantitative estimate of drug-likeness (QED) is 0.689. The summed E-state index contributed by atoms with van der Waals surface area (Å²) in [6, 6.07) is 7.63. The molecule has 0 fully saturated rings. The predicted octanol–water partition coefficient (Wildman–Crippen LogP) is 1.46. The molecular weight excluding hydrogens is 292 g/mol. The maximum absolute atomic E-state index is 11.9. The van der Waals surface area contributed by atoms with Crippen LogP contribution < -0.4 is 10.6 Å². The average molecular weight is 316 g/mol. The topological polar surface area (TPSA) is 79.2 Å². The van der Waals surface area contributed by atoms with Crippen LogP contribution in [0.25, 0.3) is 0 Å². The zero-order valence-corrected chi connectivity index (χ0v) is 13.6. The molecule has 23 heavy (non-hydrogen) atoms. The third-order valence-corrected chi connectivity index (χ3v) is 3.65. The van der Waals surface area contributed by atoms with Crippen LogP contribution in [0.5, 0.6) is 0 Å². The van der Waals surface area contributed by atoms with Crippen molar-refractivity contribution in [3.63, 3.8) is 0 Å². The molecule has 0 aliphatic rings. The SMILES string of the molecule is CCC(CO)NC(=O)Cc1ccc(NCc2cnn(C)c2)cc1. The van der Waals surface area contributed by atoms with Crippen LogP contribution in [0.2, 0.25) is 0 Å². The van der Waals surface area contributed by atoms with Crippen molar-refractivity contribution in [1.29, 1.82) is 0 Å². The number of aromatic nitrogens is 2. The first-order chi connectivity index (χ1) is 11.1. The first-order valence-corrected chi connectivity index (χ1v) is 7.81. The summed E-state index contributed by atoms with van der Waals surface area (Å²) < 4.78 is 1.77. The maximum atomic E-state index is 11.9. The number of anilines is 1. The largest absolute Gasteiger partial charge is 0.394 e. The molecule has 0 radical (unpaired) electrons. The molecule has 0 aliphatic heterocycles. The second kappa shape index (κ2) is 8.33. The minimum atomic E-state index is -0.164. The van der Waals surface area contributed by atoms with E-state index in [1.54, 1.807) is 4.68 Å². The Balaban J connectivity index is 1.83. The Hall–Kier alpha value is -2.34. The number of aliphatic hydroxyl groups is 1.